The van der Waals surface area contributed by atoms with E-state index in [1.165, 1.54) is 12.1 Å². The highest BCUT2D eigenvalue weighted by atomic mass is 19.1. The monoisotopic (exact) mass is 324 g/mol. The summed E-state index contributed by atoms with van der Waals surface area (Å²) in [5, 5.41) is 9.67. The van der Waals surface area contributed by atoms with Crippen LogP contribution in [0.1, 0.15) is 35.0 Å². The third kappa shape index (κ3) is 3.48. The van der Waals surface area contributed by atoms with E-state index in [4.69, 9.17) is 0 Å². The van der Waals surface area contributed by atoms with Gasteiger partial charge >= 0.3 is 0 Å². The van der Waals surface area contributed by atoms with Crippen LogP contribution in [0.5, 0.6) is 0 Å². The van der Waals surface area contributed by atoms with Gasteiger partial charge in [0.05, 0.1) is 6.04 Å². The minimum absolute atomic E-state index is 0.214. The summed E-state index contributed by atoms with van der Waals surface area (Å²) >= 11 is 0. The van der Waals surface area contributed by atoms with E-state index in [0.717, 1.165) is 11.1 Å². The summed E-state index contributed by atoms with van der Waals surface area (Å²) in [6, 6.07) is 13.1. The van der Waals surface area contributed by atoms with Crippen LogP contribution in [0.3, 0.4) is 0 Å². The number of carbonyl (C=O) groups excluding carboxylic acids is 1. The first-order valence-electron chi connectivity index (χ1n) is 7.58. The fraction of sp³-hybridized carbons (Fsp3) is 0.167. The minimum Gasteiger partial charge on any atom is -0.342 e. The molecule has 0 fully saturated rings. The van der Waals surface area contributed by atoms with Gasteiger partial charge in [-0.3, -0.25) is 9.89 Å². The molecule has 6 heteroatoms. The Morgan fingerprint density at radius 3 is 2.58 bits per heavy atom. The van der Waals surface area contributed by atoms with Gasteiger partial charge in [-0.2, -0.15) is 5.10 Å². The van der Waals surface area contributed by atoms with Crippen LogP contribution in [-0.2, 0) is 0 Å². The average molecular weight is 324 g/mol. The van der Waals surface area contributed by atoms with Crippen LogP contribution in [0, 0.1) is 12.7 Å². The van der Waals surface area contributed by atoms with Crippen LogP contribution in [0.4, 0.5) is 4.39 Å². The van der Waals surface area contributed by atoms with E-state index in [2.05, 4.69) is 20.5 Å². The van der Waals surface area contributed by atoms with E-state index < -0.39 is 0 Å². The summed E-state index contributed by atoms with van der Waals surface area (Å²) < 4.78 is 13.0. The van der Waals surface area contributed by atoms with Crippen molar-refractivity contribution in [3.63, 3.8) is 0 Å². The van der Waals surface area contributed by atoms with Crippen molar-refractivity contribution >= 4 is 5.91 Å². The molecule has 1 atom stereocenters. The molecule has 0 saturated heterocycles. The maximum Gasteiger partial charge on any atom is 0.251 e. The molecule has 0 radical (unpaired) electrons. The first-order valence-corrected chi connectivity index (χ1v) is 7.58. The van der Waals surface area contributed by atoms with Crippen molar-refractivity contribution in [3.05, 3.63) is 71.6 Å². The van der Waals surface area contributed by atoms with Crippen LogP contribution < -0.4 is 5.32 Å². The number of hydrogen-bond donors (Lipinski definition) is 2. The highest BCUT2D eigenvalue weighted by molar-refractivity contribution is 5.95. The Balaban J connectivity index is 1.78. The number of amides is 1. The molecule has 0 aliphatic rings. The second-order valence-corrected chi connectivity index (χ2v) is 5.56. The van der Waals surface area contributed by atoms with Crippen LogP contribution in [0.25, 0.3) is 11.1 Å². The second kappa shape index (κ2) is 6.62. The average Bonchev–Trinajstić information content (AvgIpc) is 3.02. The van der Waals surface area contributed by atoms with Gasteiger partial charge in [0, 0.05) is 5.56 Å². The zero-order chi connectivity index (χ0) is 17.1. The SMILES string of the molecule is Cc1nc(C(C)NC(=O)c2cccc(-c3ccc(F)cc3)c2)n[nH]1. The minimum atomic E-state index is -0.308. The molecule has 0 spiro atoms. The van der Waals surface area contributed by atoms with Gasteiger partial charge in [-0.15, -0.1) is 0 Å². The number of halogens is 1. The third-order valence-electron chi connectivity index (χ3n) is 3.65. The van der Waals surface area contributed by atoms with Gasteiger partial charge in [0.1, 0.15) is 11.6 Å². The molecule has 0 bridgehead atoms. The molecule has 122 valence electrons. The predicted molar refractivity (Wildman–Crippen MR) is 88.8 cm³/mol. The maximum absolute atomic E-state index is 13.0. The number of aromatic nitrogens is 3. The second-order valence-electron chi connectivity index (χ2n) is 5.56. The molecule has 3 rings (SSSR count). The first kappa shape index (κ1) is 15.9. The van der Waals surface area contributed by atoms with Crippen molar-refractivity contribution in [1.82, 2.24) is 20.5 Å². The normalized spacial score (nSPS) is 12.0. The number of nitrogens with one attached hydrogen (secondary N) is 2. The Morgan fingerprint density at radius 1 is 1.17 bits per heavy atom. The number of H-pyrrole nitrogens is 1. The number of carbonyl (C=O) groups is 1. The number of rotatable bonds is 4. The molecule has 1 unspecified atom stereocenters. The van der Waals surface area contributed by atoms with Gasteiger partial charge in [0.2, 0.25) is 0 Å². The molecule has 0 saturated carbocycles. The smallest absolute Gasteiger partial charge is 0.251 e. The van der Waals surface area contributed by atoms with Crippen LogP contribution in [0.15, 0.2) is 48.5 Å². The molecule has 1 aromatic heterocycles. The molecule has 0 aliphatic carbocycles. The molecule has 2 aromatic carbocycles. The molecular weight excluding hydrogens is 307 g/mol. The van der Waals surface area contributed by atoms with Gasteiger partial charge in [0.15, 0.2) is 5.82 Å². The van der Waals surface area contributed by atoms with Crippen molar-refractivity contribution in [2.24, 2.45) is 0 Å². The van der Waals surface area contributed by atoms with E-state index in [1.54, 1.807) is 37.3 Å². The van der Waals surface area contributed by atoms with E-state index in [9.17, 15) is 9.18 Å². The Hall–Kier alpha value is -3.02. The highest BCUT2D eigenvalue weighted by Gasteiger charge is 2.15. The van der Waals surface area contributed by atoms with E-state index in [-0.39, 0.29) is 17.8 Å². The molecule has 1 heterocycles. The van der Waals surface area contributed by atoms with Crippen molar-refractivity contribution in [2.45, 2.75) is 19.9 Å². The van der Waals surface area contributed by atoms with Crippen molar-refractivity contribution in [3.8, 4) is 11.1 Å². The van der Waals surface area contributed by atoms with Crippen LogP contribution >= 0.6 is 0 Å². The lowest BCUT2D eigenvalue weighted by Crippen LogP contribution is -2.27. The summed E-state index contributed by atoms with van der Waals surface area (Å²) in [5.41, 5.74) is 2.23. The number of hydrogen-bond acceptors (Lipinski definition) is 3. The number of aryl methyl sites for hydroxylation is 1. The van der Waals surface area contributed by atoms with E-state index >= 15 is 0 Å². The summed E-state index contributed by atoms with van der Waals surface area (Å²) in [6.45, 7) is 3.63. The lowest BCUT2D eigenvalue weighted by Gasteiger charge is -2.11. The molecule has 0 aliphatic heterocycles. The maximum atomic E-state index is 13.0. The summed E-state index contributed by atoms with van der Waals surface area (Å²) in [4.78, 5) is 16.6. The molecule has 2 N–H and O–H groups in total. The Morgan fingerprint density at radius 2 is 1.92 bits per heavy atom. The topological polar surface area (TPSA) is 70.7 Å². The van der Waals surface area contributed by atoms with E-state index in [1.807, 2.05) is 13.0 Å². The van der Waals surface area contributed by atoms with Gasteiger partial charge in [-0.25, -0.2) is 9.37 Å². The summed E-state index contributed by atoms with van der Waals surface area (Å²) in [6.07, 6.45) is 0. The first-order chi connectivity index (χ1) is 11.5. The largest absolute Gasteiger partial charge is 0.342 e. The van der Waals surface area contributed by atoms with E-state index in [0.29, 0.717) is 17.2 Å². The highest BCUT2D eigenvalue weighted by Crippen LogP contribution is 2.21. The molecule has 5 nitrogen and oxygen atoms in total. The number of aromatic amines is 1. The summed E-state index contributed by atoms with van der Waals surface area (Å²) in [7, 11) is 0. The van der Waals surface area contributed by atoms with Gasteiger partial charge < -0.3 is 5.32 Å². The Labute approximate surface area is 138 Å². The van der Waals surface area contributed by atoms with Gasteiger partial charge in [0.25, 0.3) is 5.91 Å². The van der Waals surface area contributed by atoms with Crippen LogP contribution in [0.2, 0.25) is 0 Å². The quantitative estimate of drug-likeness (QED) is 0.772. The van der Waals surface area contributed by atoms with Crippen molar-refractivity contribution in [1.29, 1.82) is 0 Å². The zero-order valence-corrected chi connectivity index (χ0v) is 13.4. The molecule has 1 amide bonds. The Bertz CT molecular complexity index is 857. The number of benzene rings is 2. The van der Waals surface area contributed by atoms with Crippen molar-refractivity contribution < 1.29 is 9.18 Å². The van der Waals surface area contributed by atoms with Gasteiger partial charge in [-0.05, 0) is 49.2 Å². The summed E-state index contributed by atoms with van der Waals surface area (Å²) in [5.74, 6) is 0.733. The lowest BCUT2D eigenvalue weighted by atomic mass is 10.0. The third-order valence-corrected chi connectivity index (χ3v) is 3.65. The standard InChI is InChI=1S/C18H17FN4O/c1-11(17-21-12(2)22-23-17)20-18(24)15-5-3-4-14(10-15)13-6-8-16(19)9-7-13/h3-11H,1-2H3,(H,20,24)(H,21,22,23). The Kier molecular flexibility index (Phi) is 4.37. The van der Waals surface area contributed by atoms with Crippen LogP contribution in [-0.4, -0.2) is 21.1 Å². The fourth-order valence-corrected chi connectivity index (χ4v) is 2.38. The molecular formula is C18H17FN4O. The van der Waals surface area contributed by atoms with Crippen molar-refractivity contribution in [2.75, 3.05) is 0 Å². The van der Waals surface area contributed by atoms with Gasteiger partial charge in [-0.1, -0.05) is 24.3 Å². The zero-order valence-electron chi connectivity index (χ0n) is 13.4. The predicted octanol–water partition coefficient (Wildman–Crippen LogP) is 3.41. The lowest BCUT2D eigenvalue weighted by molar-refractivity contribution is 0.0938. The fourth-order valence-electron chi connectivity index (χ4n) is 2.38. The molecule has 24 heavy (non-hydrogen) atoms. The number of nitrogens with zero attached hydrogens (tertiary/aromatic N) is 2. The molecule has 3 aromatic rings.